The Kier molecular flexibility index (Phi) is 5.15. The van der Waals surface area contributed by atoms with Crippen LogP contribution in [0.4, 0.5) is 0 Å². The number of nitrogens with zero attached hydrogens (tertiary/aromatic N) is 1. The zero-order chi connectivity index (χ0) is 14.6. The maximum atomic E-state index is 12.6. The number of carbonyl (C=O) groups excluding carboxylic acids is 2. The van der Waals surface area contributed by atoms with Crippen molar-refractivity contribution in [3.63, 3.8) is 0 Å². The van der Waals surface area contributed by atoms with Crippen LogP contribution in [-0.4, -0.2) is 35.3 Å². The minimum Gasteiger partial charge on any atom is -0.342 e. The van der Waals surface area contributed by atoms with E-state index in [-0.39, 0.29) is 23.3 Å². The molecule has 0 aromatic rings. The van der Waals surface area contributed by atoms with Crippen LogP contribution in [0.15, 0.2) is 12.2 Å². The van der Waals surface area contributed by atoms with Crippen molar-refractivity contribution in [3.8, 4) is 0 Å². The molecule has 1 heterocycles. The van der Waals surface area contributed by atoms with Gasteiger partial charge in [-0.05, 0) is 18.8 Å². The van der Waals surface area contributed by atoms with Crippen LogP contribution in [0.25, 0.3) is 0 Å². The molecule has 4 nitrogen and oxygen atoms in total. The molecule has 2 amide bonds. The van der Waals surface area contributed by atoms with Crippen LogP contribution in [0.3, 0.4) is 0 Å². The molecule has 0 bridgehead atoms. The first-order chi connectivity index (χ1) is 8.82. The Labute approximate surface area is 116 Å². The SMILES string of the molecule is C/C=C/CN1C(=O)C(C(C)(C)C)NC(=O)C1CCC. The summed E-state index contributed by atoms with van der Waals surface area (Å²) in [6.45, 7) is 10.4. The van der Waals surface area contributed by atoms with Crippen LogP contribution >= 0.6 is 0 Å². The Morgan fingerprint density at radius 1 is 1.32 bits per heavy atom. The van der Waals surface area contributed by atoms with Crippen LogP contribution in [0.5, 0.6) is 0 Å². The number of hydrogen-bond donors (Lipinski definition) is 1. The lowest BCUT2D eigenvalue weighted by molar-refractivity contribution is -0.152. The summed E-state index contributed by atoms with van der Waals surface area (Å²) in [4.78, 5) is 26.5. The fourth-order valence-corrected chi connectivity index (χ4v) is 2.34. The maximum Gasteiger partial charge on any atom is 0.246 e. The lowest BCUT2D eigenvalue weighted by Crippen LogP contribution is -2.66. The fraction of sp³-hybridized carbons (Fsp3) is 0.733. The Bertz CT molecular complexity index is 369. The highest BCUT2D eigenvalue weighted by molar-refractivity contribution is 5.97. The van der Waals surface area contributed by atoms with Gasteiger partial charge in [-0.1, -0.05) is 46.3 Å². The fourth-order valence-electron chi connectivity index (χ4n) is 2.34. The van der Waals surface area contributed by atoms with E-state index in [1.165, 1.54) is 0 Å². The number of carbonyl (C=O) groups is 2. The van der Waals surface area contributed by atoms with E-state index >= 15 is 0 Å². The molecule has 0 radical (unpaired) electrons. The van der Waals surface area contributed by atoms with Gasteiger partial charge in [-0.15, -0.1) is 0 Å². The molecule has 1 aliphatic heterocycles. The first-order valence-corrected chi connectivity index (χ1v) is 7.05. The van der Waals surface area contributed by atoms with Gasteiger partial charge < -0.3 is 10.2 Å². The van der Waals surface area contributed by atoms with E-state index in [0.717, 1.165) is 6.42 Å². The molecule has 2 atom stereocenters. The Morgan fingerprint density at radius 3 is 2.42 bits per heavy atom. The molecule has 0 aromatic carbocycles. The summed E-state index contributed by atoms with van der Waals surface area (Å²) in [6.07, 6.45) is 5.44. The van der Waals surface area contributed by atoms with E-state index < -0.39 is 6.04 Å². The van der Waals surface area contributed by atoms with Crippen molar-refractivity contribution in [1.29, 1.82) is 0 Å². The van der Waals surface area contributed by atoms with Crippen molar-refractivity contribution in [2.75, 3.05) is 6.54 Å². The first kappa shape index (κ1) is 15.7. The molecule has 4 heteroatoms. The highest BCUT2D eigenvalue weighted by Crippen LogP contribution is 2.26. The minimum absolute atomic E-state index is 0.0223. The number of nitrogens with one attached hydrogen (secondary N) is 1. The molecule has 1 saturated heterocycles. The molecule has 1 N–H and O–H groups in total. The monoisotopic (exact) mass is 266 g/mol. The van der Waals surface area contributed by atoms with E-state index in [9.17, 15) is 9.59 Å². The molecule has 108 valence electrons. The van der Waals surface area contributed by atoms with Gasteiger partial charge in [0.25, 0.3) is 0 Å². The quantitative estimate of drug-likeness (QED) is 0.792. The van der Waals surface area contributed by atoms with Crippen molar-refractivity contribution in [1.82, 2.24) is 10.2 Å². The van der Waals surface area contributed by atoms with Crippen molar-refractivity contribution in [3.05, 3.63) is 12.2 Å². The summed E-state index contributed by atoms with van der Waals surface area (Å²) in [6, 6.07) is -0.759. The summed E-state index contributed by atoms with van der Waals surface area (Å²) < 4.78 is 0. The first-order valence-electron chi connectivity index (χ1n) is 7.05. The number of piperazine rings is 1. The van der Waals surface area contributed by atoms with Crippen LogP contribution in [0.2, 0.25) is 0 Å². The van der Waals surface area contributed by atoms with Gasteiger partial charge in [0.1, 0.15) is 12.1 Å². The minimum atomic E-state index is -0.432. The van der Waals surface area contributed by atoms with Gasteiger partial charge in [0, 0.05) is 6.54 Å². The van der Waals surface area contributed by atoms with Crippen LogP contribution in [-0.2, 0) is 9.59 Å². The molecular formula is C15H26N2O2. The summed E-state index contributed by atoms with van der Waals surface area (Å²) in [5, 5.41) is 2.89. The second kappa shape index (κ2) is 6.22. The Hall–Kier alpha value is -1.32. The van der Waals surface area contributed by atoms with E-state index in [4.69, 9.17) is 0 Å². The van der Waals surface area contributed by atoms with E-state index in [1.54, 1.807) is 4.90 Å². The zero-order valence-electron chi connectivity index (χ0n) is 12.7. The third-order valence-electron chi connectivity index (χ3n) is 3.46. The molecule has 0 spiro atoms. The van der Waals surface area contributed by atoms with Gasteiger partial charge in [-0.3, -0.25) is 9.59 Å². The summed E-state index contributed by atoms with van der Waals surface area (Å²) in [5.41, 5.74) is -0.266. The molecule has 2 unspecified atom stereocenters. The topological polar surface area (TPSA) is 49.4 Å². The van der Waals surface area contributed by atoms with Crippen LogP contribution in [0, 0.1) is 5.41 Å². The largest absolute Gasteiger partial charge is 0.342 e. The molecule has 19 heavy (non-hydrogen) atoms. The number of hydrogen-bond acceptors (Lipinski definition) is 2. The van der Waals surface area contributed by atoms with Gasteiger partial charge in [0.15, 0.2) is 0 Å². The van der Waals surface area contributed by atoms with Crippen molar-refractivity contribution < 1.29 is 9.59 Å². The Balaban J connectivity index is 3.01. The zero-order valence-corrected chi connectivity index (χ0v) is 12.7. The van der Waals surface area contributed by atoms with Crippen molar-refractivity contribution in [2.45, 2.75) is 59.5 Å². The summed E-state index contributed by atoms with van der Waals surface area (Å²) in [7, 11) is 0. The molecule has 0 saturated carbocycles. The van der Waals surface area contributed by atoms with Gasteiger partial charge in [-0.25, -0.2) is 0 Å². The molecule has 0 aromatic heterocycles. The summed E-state index contributed by atoms with van der Waals surface area (Å²) in [5.74, 6) is 0.00882. The number of amides is 2. The molecule has 1 rings (SSSR count). The summed E-state index contributed by atoms with van der Waals surface area (Å²) >= 11 is 0. The Morgan fingerprint density at radius 2 is 1.95 bits per heavy atom. The highest BCUT2D eigenvalue weighted by atomic mass is 16.2. The maximum absolute atomic E-state index is 12.6. The lowest BCUT2D eigenvalue weighted by atomic mass is 9.83. The van der Waals surface area contributed by atoms with Crippen LogP contribution in [0.1, 0.15) is 47.5 Å². The van der Waals surface area contributed by atoms with Crippen molar-refractivity contribution >= 4 is 11.8 Å². The second-order valence-electron chi connectivity index (χ2n) is 6.17. The highest BCUT2D eigenvalue weighted by Gasteiger charge is 2.44. The lowest BCUT2D eigenvalue weighted by Gasteiger charge is -2.43. The average molecular weight is 266 g/mol. The standard InChI is InChI=1S/C15H26N2O2/c1-6-8-10-17-11(9-7-2)13(18)16-12(14(17)19)15(3,4)5/h6,8,11-12H,7,9-10H2,1-5H3,(H,16,18)/b8-6+. The van der Waals surface area contributed by atoms with E-state index in [1.807, 2.05) is 46.8 Å². The average Bonchev–Trinajstić information content (AvgIpc) is 2.31. The van der Waals surface area contributed by atoms with Gasteiger partial charge in [0.2, 0.25) is 11.8 Å². The van der Waals surface area contributed by atoms with E-state index in [0.29, 0.717) is 13.0 Å². The molecule has 1 fully saturated rings. The third-order valence-corrected chi connectivity index (χ3v) is 3.46. The molecule has 1 aliphatic rings. The molecule has 0 aliphatic carbocycles. The van der Waals surface area contributed by atoms with Gasteiger partial charge >= 0.3 is 0 Å². The molecular weight excluding hydrogens is 240 g/mol. The van der Waals surface area contributed by atoms with Gasteiger partial charge in [0.05, 0.1) is 0 Å². The third kappa shape index (κ3) is 3.58. The van der Waals surface area contributed by atoms with Crippen molar-refractivity contribution in [2.24, 2.45) is 5.41 Å². The predicted molar refractivity (Wildman–Crippen MR) is 76.6 cm³/mol. The van der Waals surface area contributed by atoms with E-state index in [2.05, 4.69) is 5.32 Å². The van der Waals surface area contributed by atoms with Gasteiger partial charge in [-0.2, -0.15) is 0 Å². The van der Waals surface area contributed by atoms with Crippen LogP contribution < -0.4 is 5.32 Å². The second-order valence-corrected chi connectivity index (χ2v) is 6.17. The number of allylic oxidation sites excluding steroid dienone is 1. The smallest absolute Gasteiger partial charge is 0.246 e. The predicted octanol–water partition coefficient (Wildman–Crippen LogP) is 2.10. The normalized spacial score (nSPS) is 25.0. The number of rotatable bonds is 4.